The summed E-state index contributed by atoms with van der Waals surface area (Å²) in [5, 5.41) is 0. The fraction of sp³-hybridized carbons (Fsp3) is 0.250. The highest BCUT2D eigenvalue weighted by Gasteiger charge is 2.07. The van der Waals surface area contributed by atoms with Crippen LogP contribution >= 0.6 is 0 Å². The standard InChI is InChI=1S/C16H20N2.H2O/c1-9-5-13(6-10(2)15(9)17)14-7-11(3)16(18)12(4)8-14;/h5-8H,17-18H2,1-4H3;1H2. The van der Waals surface area contributed by atoms with Crippen molar-refractivity contribution in [2.75, 3.05) is 11.5 Å². The molecule has 0 heterocycles. The van der Waals surface area contributed by atoms with Crippen molar-refractivity contribution in [3.05, 3.63) is 46.5 Å². The maximum absolute atomic E-state index is 5.99. The van der Waals surface area contributed by atoms with Crippen LogP contribution in [0.3, 0.4) is 0 Å². The normalized spacial score (nSPS) is 10.1. The van der Waals surface area contributed by atoms with Crippen molar-refractivity contribution >= 4 is 11.4 Å². The highest BCUT2D eigenvalue weighted by Crippen LogP contribution is 2.30. The predicted molar refractivity (Wildman–Crippen MR) is 83.3 cm³/mol. The Labute approximate surface area is 114 Å². The van der Waals surface area contributed by atoms with Gasteiger partial charge in [0.15, 0.2) is 0 Å². The van der Waals surface area contributed by atoms with E-state index >= 15 is 0 Å². The predicted octanol–water partition coefficient (Wildman–Crippen LogP) is 2.93. The molecule has 0 radical (unpaired) electrons. The molecule has 0 fully saturated rings. The van der Waals surface area contributed by atoms with E-state index in [-0.39, 0.29) is 5.48 Å². The number of benzene rings is 2. The molecule has 0 spiro atoms. The van der Waals surface area contributed by atoms with Crippen LogP contribution in [0.1, 0.15) is 22.3 Å². The Hall–Kier alpha value is -2.00. The Morgan fingerprint density at radius 1 is 0.579 bits per heavy atom. The van der Waals surface area contributed by atoms with Gasteiger partial charge >= 0.3 is 0 Å². The molecule has 0 amide bonds. The monoisotopic (exact) mass is 258 g/mol. The smallest absolute Gasteiger partial charge is 0.0373 e. The molecule has 0 unspecified atom stereocenters. The number of hydrogen-bond acceptors (Lipinski definition) is 2. The van der Waals surface area contributed by atoms with E-state index in [1.807, 2.05) is 27.7 Å². The molecule has 19 heavy (non-hydrogen) atoms. The average Bonchev–Trinajstić information content (AvgIpc) is 2.31. The fourth-order valence-electron chi connectivity index (χ4n) is 2.28. The SMILES string of the molecule is Cc1cc(-c2cc(C)c(N)c(C)c2)cc(C)c1N.O. The van der Waals surface area contributed by atoms with E-state index < -0.39 is 0 Å². The summed E-state index contributed by atoms with van der Waals surface area (Å²) in [6.45, 7) is 8.18. The summed E-state index contributed by atoms with van der Waals surface area (Å²) in [6, 6.07) is 8.53. The molecule has 2 aromatic carbocycles. The molecule has 0 bridgehead atoms. The third-order valence-corrected chi connectivity index (χ3v) is 3.52. The van der Waals surface area contributed by atoms with E-state index in [9.17, 15) is 0 Å². The van der Waals surface area contributed by atoms with Crippen LogP contribution in [0.15, 0.2) is 24.3 Å². The first-order chi connectivity index (χ1) is 8.40. The molecular weight excluding hydrogens is 236 g/mol. The van der Waals surface area contributed by atoms with Crippen molar-refractivity contribution in [2.45, 2.75) is 27.7 Å². The van der Waals surface area contributed by atoms with Gasteiger partial charge in [-0.1, -0.05) is 0 Å². The molecule has 0 aliphatic heterocycles. The van der Waals surface area contributed by atoms with E-state index in [1.165, 1.54) is 11.1 Å². The summed E-state index contributed by atoms with van der Waals surface area (Å²) >= 11 is 0. The summed E-state index contributed by atoms with van der Waals surface area (Å²) in [6.07, 6.45) is 0. The van der Waals surface area contributed by atoms with E-state index in [2.05, 4.69) is 24.3 Å². The van der Waals surface area contributed by atoms with Gasteiger partial charge in [-0.3, -0.25) is 0 Å². The lowest BCUT2D eigenvalue weighted by Gasteiger charge is -2.12. The summed E-state index contributed by atoms with van der Waals surface area (Å²) in [4.78, 5) is 0. The van der Waals surface area contributed by atoms with Crippen LogP contribution in [0, 0.1) is 27.7 Å². The van der Waals surface area contributed by atoms with Crippen LogP contribution in [0.4, 0.5) is 11.4 Å². The van der Waals surface area contributed by atoms with Crippen LogP contribution in [-0.4, -0.2) is 5.48 Å². The van der Waals surface area contributed by atoms with Gasteiger partial charge in [-0.25, -0.2) is 0 Å². The highest BCUT2D eigenvalue weighted by molar-refractivity contribution is 5.73. The average molecular weight is 258 g/mol. The van der Waals surface area contributed by atoms with Crippen LogP contribution < -0.4 is 11.5 Å². The number of nitrogen functional groups attached to an aromatic ring is 2. The maximum atomic E-state index is 5.99. The van der Waals surface area contributed by atoms with Gasteiger partial charge in [0.1, 0.15) is 0 Å². The molecule has 102 valence electrons. The first-order valence-electron chi connectivity index (χ1n) is 6.14. The highest BCUT2D eigenvalue weighted by atomic mass is 16.0. The molecule has 2 aromatic rings. The Kier molecular flexibility index (Phi) is 4.22. The Morgan fingerprint density at radius 3 is 1.00 bits per heavy atom. The second-order valence-electron chi connectivity index (χ2n) is 5.05. The summed E-state index contributed by atoms with van der Waals surface area (Å²) in [5.74, 6) is 0. The number of nitrogens with two attached hydrogens (primary N) is 2. The zero-order chi connectivity index (χ0) is 13.4. The van der Waals surface area contributed by atoms with Gasteiger partial charge in [-0.15, -0.1) is 0 Å². The van der Waals surface area contributed by atoms with Gasteiger partial charge in [0.05, 0.1) is 0 Å². The lowest BCUT2D eigenvalue weighted by Crippen LogP contribution is -1.97. The minimum absolute atomic E-state index is 0. The van der Waals surface area contributed by atoms with Gasteiger partial charge in [0.25, 0.3) is 0 Å². The quantitative estimate of drug-likeness (QED) is 0.771. The van der Waals surface area contributed by atoms with E-state index in [1.54, 1.807) is 0 Å². The minimum atomic E-state index is 0. The summed E-state index contributed by atoms with van der Waals surface area (Å²) in [5.41, 5.74) is 20.6. The van der Waals surface area contributed by atoms with E-state index in [0.717, 1.165) is 33.6 Å². The zero-order valence-electron chi connectivity index (χ0n) is 12.0. The third kappa shape index (κ3) is 2.71. The number of rotatable bonds is 1. The van der Waals surface area contributed by atoms with Crippen LogP contribution in [0.25, 0.3) is 11.1 Å². The lowest BCUT2D eigenvalue weighted by molar-refractivity contribution is 0.824. The molecule has 3 heteroatoms. The van der Waals surface area contributed by atoms with Gasteiger partial charge in [0.2, 0.25) is 0 Å². The Balaban J connectivity index is 0.00000180. The first-order valence-corrected chi connectivity index (χ1v) is 6.14. The van der Waals surface area contributed by atoms with Crippen molar-refractivity contribution < 1.29 is 5.48 Å². The second kappa shape index (κ2) is 5.33. The van der Waals surface area contributed by atoms with Gasteiger partial charge in [-0.05, 0) is 85.3 Å². The van der Waals surface area contributed by atoms with Crippen LogP contribution in [-0.2, 0) is 0 Å². The third-order valence-electron chi connectivity index (χ3n) is 3.52. The Bertz CT molecular complexity index is 517. The summed E-state index contributed by atoms with van der Waals surface area (Å²) in [7, 11) is 0. The van der Waals surface area contributed by atoms with Crippen LogP contribution in [0.5, 0.6) is 0 Å². The lowest BCUT2D eigenvalue weighted by atomic mass is 9.95. The van der Waals surface area contributed by atoms with Crippen LogP contribution in [0.2, 0.25) is 0 Å². The van der Waals surface area contributed by atoms with Gasteiger partial charge in [-0.2, -0.15) is 0 Å². The molecular formula is C16H22N2O. The molecule has 6 N–H and O–H groups in total. The molecule has 3 nitrogen and oxygen atoms in total. The number of hydrogen-bond donors (Lipinski definition) is 2. The second-order valence-corrected chi connectivity index (χ2v) is 5.05. The maximum Gasteiger partial charge on any atom is 0.0373 e. The molecule has 0 aliphatic carbocycles. The van der Waals surface area contributed by atoms with Crippen molar-refractivity contribution in [3.8, 4) is 11.1 Å². The molecule has 0 saturated carbocycles. The largest absolute Gasteiger partial charge is 0.412 e. The van der Waals surface area contributed by atoms with Crippen molar-refractivity contribution in [1.82, 2.24) is 0 Å². The first kappa shape index (κ1) is 15.1. The summed E-state index contributed by atoms with van der Waals surface area (Å²) < 4.78 is 0. The van der Waals surface area contributed by atoms with E-state index in [4.69, 9.17) is 11.5 Å². The topological polar surface area (TPSA) is 83.5 Å². The molecule has 0 saturated heterocycles. The zero-order valence-corrected chi connectivity index (χ0v) is 12.0. The molecule has 2 rings (SSSR count). The fourth-order valence-corrected chi connectivity index (χ4v) is 2.28. The number of aryl methyl sites for hydroxylation is 4. The Morgan fingerprint density at radius 2 is 0.789 bits per heavy atom. The van der Waals surface area contributed by atoms with Crippen molar-refractivity contribution in [3.63, 3.8) is 0 Å². The van der Waals surface area contributed by atoms with Crippen molar-refractivity contribution in [1.29, 1.82) is 0 Å². The van der Waals surface area contributed by atoms with Gasteiger partial charge in [0, 0.05) is 11.4 Å². The van der Waals surface area contributed by atoms with Gasteiger partial charge < -0.3 is 16.9 Å². The molecule has 0 aromatic heterocycles. The minimum Gasteiger partial charge on any atom is -0.412 e. The molecule has 0 aliphatic rings. The van der Waals surface area contributed by atoms with E-state index in [0.29, 0.717) is 0 Å². The molecule has 0 atom stereocenters. The van der Waals surface area contributed by atoms with Crippen molar-refractivity contribution in [2.24, 2.45) is 0 Å². The number of anilines is 2.